The zero-order chi connectivity index (χ0) is 28.4. The summed E-state index contributed by atoms with van der Waals surface area (Å²) < 4.78 is 22.3. The Morgan fingerprint density at radius 1 is 1.18 bits per heavy atom. The third kappa shape index (κ3) is 5.56. The van der Waals surface area contributed by atoms with Gasteiger partial charge < -0.3 is 29.2 Å². The number of pyridine rings is 2. The van der Waals surface area contributed by atoms with Crippen molar-refractivity contribution in [1.29, 1.82) is 0 Å². The zero-order valence-corrected chi connectivity index (χ0v) is 24.2. The molecule has 0 bridgehead atoms. The Morgan fingerprint density at radius 3 is 2.58 bits per heavy atom. The molecular weight excluding hydrogens is 555 g/mol. The first-order chi connectivity index (χ1) is 19.4. The van der Waals surface area contributed by atoms with Gasteiger partial charge in [0, 0.05) is 61.1 Å². The minimum absolute atomic E-state index is 0.000937. The normalized spacial score (nSPS) is 20.6. The van der Waals surface area contributed by atoms with E-state index >= 15 is 0 Å². The molecule has 5 rings (SSSR count). The summed E-state index contributed by atoms with van der Waals surface area (Å²) in [6.45, 7) is 6.07. The lowest BCUT2D eigenvalue weighted by Gasteiger charge is -2.23. The van der Waals surface area contributed by atoms with E-state index in [9.17, 15) is 4.79 Å². The largest absolute Gasteiger partial charge is 0.495 e. The maximum atomic E-state index is 12.0. The van der Waals surface area contributed by atoms with Gasteiger partial charge in [-0.25, -0.2) is 9.97 Å². The van der Waals surface area contributed by atoms with Crippen LogP contribution in [-0.4, -0.2) is 75.5 Å². The van der Waals surface area contributed by atoms with Crippen molar-refractivity contribution in [3.63, 3.8) is 0 Å². The van der Waals surface area contributed by atoms with E-state index in [0.29, 0.717) is 64.8 Å². The van der Waals surface area contributed by atoms with Gasteiger partial charge in [-0.05, 0) is 24.6 Å². The van der Waals surface area contributed by atoms with Gasteiger partial charge in [0.25, 0.3) is 0 Å². The monoisotopic (exact) mass is 586 g/mol. The number of ketones is 1. The summed E-state index contributed by atoms with van der Waals surface area (Å²) in [6, 6.07) is 5.51. The fourth-order valence-electron chi connectivity index (χ4n) is 5.29. The van der Waals surface area contributed by atoms with Gasteiger partial charge in [-0.1, -0.05) is 29.8 Å². The number of anilines is 2. The third-order valence-corrected chi connectivity index (χ3v) is 8.28. The van der Waals surface area contributed by atoms with E-state index in [2.05, 4.69) is 16.8 Å². The Labute approximate surface area is 243 Å². The summed E-state index contributed by atoms with van der Waals surface area (Å²) in [5, 5.41) is 5.94. The van der Waals surface area contributed by atoms with Crippen molar-refractivity contribution in [3.8, 4) is 22.8 Å². The number of benzene rings is 1. The van der Waals surface area contributed by atoms with Crippen molar-refractivity contribution >= 4 is 51.4 Å². The molecule has 0 spiro atoms. The first kappa shape index (κ1) is 28.4. The van der Waals surface area contributed by atoms with Crippen LogP contribution in [0.3, 0.4) is 0 Å². The number of nitrogens with one attached hydrogen (secondary N) is 1. The number of halogens is 2. The van der Waals surface area contributed by atoms with Crippen LogP contribution in [0.2, 0.25) is 10.0 Å². The number of hydrogen-bond acceptors (Lipinski definition) is 9. The number of rotatable bonds is 10. The van der Waals surface area contributed by atoms with Crippen LogP contribution < -0.4 is 19.7 Å². The number of nitrogens with zero attached hydrogens (tertiary/aromatic N) is 3. The summed E-state index contributed by atoms with van der Waals surface area (Å²) in [4.78, 5) is 24.0. The third-order valence-electron chi connectivity index (χ3n) is 7.52. The van der Waals surface area contributed by atoms with Gasteiger partial charge in [0.05, 0.1) is 55.3 Å². The second kappa shape index (κ2) is 12.2. The lowest BCUT2D eigenvalue weighted by molar-refractivity contribution is -0.115. The van der Waals surface area contributed by atoms with Crippen LogP contribution in [0.15, 0.2) is 37.1 Å². The van der Waals surface area contributed by atoms with E-state index in [1.807, 2.05) is 12.1 Å². The molecule has 0 saturated carbocycles. The maximum absolute atomic E-state index is 12.0. The van der Waals surface area contributed by atoms with E-state index in [4.69, 9.17) is 52.1 Å². The van der Waals surface area contributed by atoms with Gasteiger partial charge in [-0.3, -0.25) is 4.79 Å². The highest BCUT2D eigenvalue weighted by atomic mass is 35.5. The average molecular weight is 588 g/mol. The standard InChI is InChI=1S/C29H32Cl2N4O5/c1-5-18(36)8-17-14-40-15-22(17)33-25-10-20-16(12-32-25)9-21(34-29(20)35-7-6-19(13-35)37-2)26-27(30)23(38-3)11-24(39-4)28(26)31/h5,9-12,17,19,22H,1,6-8,13-15H2,2-4H3,(H,32,33)/t17-,19?,22+/m0/s1. The number of hydrogen-bond donors (Lipinski definition) is 1. The number of allylic oxidation sites excluding steroid dienone is 1. The molecule has 2 aliphatic heterocycles. The molecule has 2 saturated heterocycles. The first-order valence-electron chi connectivity index (χ1n) is 13.0. The summed E-state index contributed by atoms with van der Waals surface area (Å²) in [5.41, 5.74) is 1.09. The summed E-state index contributed by atoms with van der Waals surface area (Å²) in [5.74, 6) is 2.35. The molecule has 11 heteroatoms. The highest BCUT2D eigenvalue weighted by Gasteiger charge is 2.31. The van der Waals surface area contributed by atoms with Crippen LogP contribution in [0, 0.1) is 5.92 Å². The predicted molar refractivity (Wildman–Crippen MR) is 157 cm³/mol. The van der Waals surface area contributed by atoms with E-state index in [1.165, 1.54) is 6.08 Å². The summed E-state index contributed by atoms with van der Waals surface area (Å²) in [6.07, 6.45) is 4.52. The molecule has 3 atom stereocenters. The van der Waals surface area contributed by atoms with Gasteiger partial charge >= 0.3 is 0 Å². The fourth-order valence-corrected chi connectivity index (χ4v) is 5.99. The fraction of sp³-hybridized carbons (Fsp3) is 0.414. The molecule has 1 aromatic carbocycles. The van der Waals surface area contributed by atoms with Gasteiger partial charge in [0.15, 0.2) is 5.78 Å². The second-order valence-corrected chi connectivity index (χ2v) is 10.7. The summed E-state index contributed by atoms with van der Waals surface area (Å²) in [7, 11) is 4.80. The molecule has 0 radical (unpaired) electrons. The van der Waals surface area contributed by atoms with Gasteiger partial charge in [-0.2, -0.15) is 0 Å². The van der Waals surface area contributed by atoms with Crippen LogP contribution in [0.1, 0.15) is 12.8 Å². The minimum atomic E-state index is -0.0453. The number of carbonyl (C=O) groups excluding carboxylic acids is 1. The van der Waals surface area contributed by atoms with Crippen molar-refractivity contribution in [2.45, 2.75) is 25.0 Å². The molecule has 2 fully saturated rings. The number of carbonyl (C=O) groups is 1. The van der Waals surface area contributed by atoms with Crippen LogP contribution in [0.4, 0.5) is 11.6 Å². The molecule has 2 aromatic heterocycles. The van der Waals surface area contributed by atoms with E-state index < -0.39 is 0 Å². The highest BCUT2D eigenvalue weighted by molar-refractivity contribution is 6.41. The maximum Gasteiger partial charge on any atom is 0.155 e. The smallest absolute Gasteiger partial charge is 0.155 e. The predicted octanol–water partition coefficient (Wildman–Crippen LogP) is 5.42. The van der Waals surface area contributed by atoms with E-state index in [0.717, 1.165) is 29.6 Å². The lowest BCUT2D eigenvalue weighted by Crippen LogP contribution is -2.29. The van der Waals surface area contributed by atoms with Crippen LogP contribution in [0.5, 0.6) is 11.5 Å². The Morgan fingerprint density at radius 2 is 1.93 bits per heavy atom. The van der Waals surface area contributed by atoms with Gasteiger partial charge in [0.2, 0.25) is 0 Å². The number of fused-ring (bicyclic) bond motifs is 1. The van der Waals surface area contributed by atoms with Crippen molar-refractivity contribution in [2.24, 2.45) is 5.92 Å². The Bertz CT molecular complexity index is 1410. The molecule has 40 heavy (non-hydrogen) atoms. The van der Waals surface area contributed by atoms with E-state index in [1.54, 1.807) is 33.6 Å². The van der Waals surface area contributed by atoms with Gasteiger partial charge in [0.1, 0.15) is 23.1 Å². The molecule has 0 amide bonds. The summed E-state index contributed by atoms with van der Waals surface area (Å²) >= 11 is 13.5. The second-order valence-electron chi connectivity index (χ2n) is 9.92. The van der Waals surface area contributed by atoms with Crippen molar-refractivity contribution in [2.75, 3.05) is 57.8 Å². The number of ether oxygens (including phenoxy) is 4. The Balaban J connectivity index is 1.59. The molecule has 212 valence electrons. The molecule has 3 aromatic rings. The zero-order valence-electron chi connectivity index (χ0n) is 22.7. The molecule has 1 unspecified atom stereocenters. The number of aromatic nitrogens is 2. The minimum Gasteiger partial charge on any atom is -0.495 e. The SMILES string of the molecule is C=CC(=O)C[C@H]1COC[C@H]1Nc1cc2c(N3CCC(OC)C3)nc(-c3c(Cl)c(OC)cc(OC)c3Cl)cc2cn1. The topological polar surface area (TPSA) is 95.0 Å². The van der Waals surface area contributed by atoms with Crippen molar-refractivity contribution in [1.82, 2.24) is 9.97 Å². The highest BCUT2D eigenvalue weighted by Crippen LogP contribution is 2.46. The van der Waals surface area contributed by atoms with Crippen LogP contribution in [-0.2, 0) is 14.3 Å². The molecule has 2 aliphatic rings. The van der Waals surface area contributed by atoms with Gasteiger partial charge in [-0.15, -0.1) is 0 Å². The quantitative estimate of drug-likeness (QED) is 0.312. The first-order valence-corrected chi connectivity index (χ1v) is 13.8. The molecule has 9 nitrogen and oxygen atoms in total. The van der Waals surface area contributed by atoms with E-state index in [-0.39, 0.29) is 23.8 Å². The molecule has 0 aliphatic carbocycles. The molecule has 1 N–H and O–H groups in total. The Hall–Kier alpha value is -3.11. The molecule has 4 heterocycles. The Kier molecular flexibility index (Phi) is 8.65. The average Bonchev–Trinajstić information content (AvgIpc) is 3.62. The van der Waals surface area contributed by atoms with Crippen molar-refractivity contribution < 1.29 is 23.7 Å². The molecular formula is C29H32Cl2N4O5. The number of methoxy groups -OCH3 is 3. The lowest BCUT2D eigenvalue weighted by atomic mass is 9.97. The van der Waals surface area contributed by atoms with Crippen LogP contribution in [0.25, 0.3) is 22.0 Å². The van der Waals surface area contributed by atoms with Crippen LogP contribution >= 0.6 is 23.2 Å². The van der Waals surface area contributed by atoms with Crippen molar-refractivity contribution in [3.05, 3.63) is 47.1 Å².